The Labute approximate surface area is 328 Å². The Morgan fingerprint density at radius 3 is 0.769 bits per heavy atom. The van der Waals surface area contributed by atoms with E-state index in [9.17, 15) is 0 Å². The molecule has 0 N–H and O–H groups in total. The van der Waals surface area contributed by atoms with Gasteiger partial charge in [0.1, 0.15) is 0 Å². The van der Waals surface area contributed by atoms with Crippen LogP contribution in [0.25, 0.3) is 65.7 Å². The Morgan fingerprint density at radius 2 is 0.500 bits per heavy atom. The zero-order valence-electron chi connectivity index (χ0n) is 27.9. The van der Waals surface area contributed by atoms with E-state index >= 15 is 0 Å². The van der Waals surface area contributed by atoms with Gasteiger partial charge in [-0.15, -0.1) is 0 Å². The van der Waals surface area contributed by atoms with Crippen LogP contribution in [0.2, 0.25) is 0 Å². The predicted octanol–water partition coefficient (Wildman–Crippen LogP) is 15.9. The summed E-state index contributed by atoms with van der Waals surface area (Å²) in [7, 11) is 0. The van der Waals surface area contributed by atoms with Crippen LogP contribution in [-0.4, -0.2) is 0 Å². The maximum Gasteiger partial charge on any atom is 0.0462 e. The minimum absolute atomic E-state index is 1.09. The zero-order valence-corrected chi connectivity index (χ0v) is 32.7. The van der Waals surface area contributed by atoms with Crippen molar-refractivity contribution in [1.29, 1.82) is 0 Å². The fourth-order valence-electron chi connectivity index (χ4n) is 7.36. The highest BCUT2D eigenvalue weighted by Crippen LogP contribution is 2.41. The second-order valence-corrected chi connectivity index (χ2v) is 15.5. The van der Waals surface area contributed by atoms with Gasteiger partial charge in [-0.1, -0.05) is 175 Å². The topological polar surface area (TPSA) is 3.24 Å². The van der Waals surface area contributed by atoms with Gasteiger partial charge in [-0.3, -0.25) is 0 Å². The van der Waals surface area contributed by atoms with Gasteiger partial charge < -0.3 is 4.90 Å². The van der Waals surface area contributed by atoms with E-state index in [1.807, 2.05) is 0 Å². The Hall–Kier alpha value is -5.00. The van der Waals surface area contributed by atoms with Crippen LogP contribution in [0, 0.1) is 0 Å². The van der Waals surface area contributed by atoms with Gasteiger partial charge in [0, 0.05) is 30.5 Å². The summed E-state index contributed by atoms with van der Waals surface area (Å²) in [6.45, 7) is 0. The average molecular weight is 860 g/mol. The molecule has 0 aliphatic heterocycles. The fourth-order valence-corrected chi connectivity index (χ4v) is 8.79. The molecule has 0 atom stereocenters. The van der Waals surface area contributed by atoms with Crippen LogP contribution in [-0.2, 0) is 0 Å². The van der Waals surface area contributed by atoms with Crippen molar-refractivity contribution >= 4 is 97.2 Å². The van der Waals surface area contributed by atoms with Crippen LogP contribution in [0.4, 0.5) is 17.1 Å². The number of fused-ring (bicyclic) bond motifs is 3. The van der Waals surface area contributed by atoms with Gasteiger partial charge in [0.05, 0.1) is 0 Å². The van der Waals surface area contributed by atoms with Crippen molar-refractivity contribution in [1.82, 2.24) is 0 Å². The SMILES string of the molecule is Brc1ccc(-c2ccc(N(c3ccc(-c4ccc(Br)c5ccccc45)cc3)c3ccc(-c4ccc(Br)c5ccccc45)cc3)cc2)c2ccccc12. The second-order valence-electron chi connectivity index (χ2n) is 12.9. The quantitative estimate of drug-likeness (QED) is 0.161. The number of halogens is 3. The lowest BCUT2D eigenvalue weighted by Crippen LogP contribution is -2.09. The van der Waals surface area contributed by atoms with Crippen LogP contribution in [0.15, 0.2) is 195 Å². The standard InChI is InChI=1S/C48H30Br3N/c49-46-28-25-37(40-7-1-4-10-43(40)46)31-13-19-34(20-14-31)52(35-21-15-32(16-22-35)38-26-29-47(50)44-11-5-2-8-41(38)44)36-23-17-33(18-24-36)39-27-30-48(51)45-12-6-3-9-42(39)45/h1-30H. The normalized spacial score (nSPS) is 11.4. The summed E-state index contributed by atoms with van der Waals surface area (Å²) in [5.74, 6) is 0. The largest absolute Gasteiger partial charge is 0.311 e. The second kappa shape index (κ2) is 13.9. The van der Waals surface area contributed by atoms with Crippen LogP contribution >= 0.6 is 47.8 Å². The van der Waals surface area contributed by atoms with Crippen molar-refractivity contribution < 1.29 is 0 Å². The van der Waals surface area contributed by atoms with Gasteiger partial charge in [0.15, 0.2) is 0 Å². The number of hydrogen-bond acceptors (Lipinski definition) is 1. The maximum atomic E-state index is 3.74. The molecule has 9 rings (SSSR count). The fraction of sp³-hybridized carbons (Fsp3) is 0. The number of nitrogens with zero attached hydrogens (tertiary/aromatic N) is 1. The molecule has 52 heavy (non-hydrogen) atoms. The summed E-state index contributed by atoms with van der Waals surface area (Å²) >= 11 is 11.2. The molecule has 0 spiro atoms. The van der Waals surface area contributed by atoms with E-state index in [1.165, 1.54) is 65.7 Å². The molecule has 9 aromatic carbocycles. The average Bonchev–Trinajstić information content (AvgIpc) is 3.20. The monoisotopic (exact) mass is 857 g/mol. The highest BCUT2D eigenvalue weighted by atomic mass is 79.9. The summed E-state index contributed by atoms with van der Waals surface area (Å²) in [5.41, 5.74) is 10.5. The van der Waals surface area contributed by atoms with Gasteiger partial charge in [-0.05, 0) is 120 Å². The van der Waals surface area contributed by atoms with E-state index < -0.39 is 0 Å². The van der Waals surface area contributed by atoms with Crippen LogP contribution in [0.5, 0.6) is 0 Å². The Balaban J connectivity index is 1.13. The van der Waals surface area contributed by atoms with E-state index in [2.05, 4.69) is 235 Å². The summed E-state index contributed by atoms with van der Waals surface area (Å²) < 4.78 is 3.32. The predicted molar refractivity (Wildman–Crippen MR) is 233 cm³/mol. The minimum Gasteiger partial charge on any atom is -0.311 e. The number of anilines is 3. The first-order valence-corrected chi connectivity index (χ1v) is 19.5. The molecule has 248 valence electrons. The van der Waals surface area contributed by atoms with Gasteiger partial charge in [0.25, 0.3) is 0 Å². The zero-order chi connectivity index (χ0) is 35.2. The van der Waals surface area contributed by atoms with Crippen molar-refractivity contribution in [3.63, 3.8) is 0 Å². The van der Waals surface area contributed by atoms with Gasteiger partial charge in [0.2, 0.25) is 0 Å². The summed E-state index contributed by atoms with van der Waals surface area (Å²) in [5, 5.41) is 7.32. The van der Waals surface area contributed by atoms with Crippen molar-refractivity contribution in [2.24, 2.45) is 0 Å². The van der Waals surface area contributed by atoms with Crippen molar-refractivity contribution in [2.45, 2.75) is 0 Å². The highest BCUT2D eigenvalue weighted by molar-refractivity contribution is 9.11. The molecule has 4 heteroatoms. The molecule has 1 nitrogen and oxygen atoms in total. The maximum absolute atomic E-state index is 3.74. The van der Waals surface area contributed by atoms with Crippen LogP contribution < -0.4 is 4.90 Å². The molecule has 0 aliphatic carbocycles. The first-order valence-electron chi connectivity index (χ1n) is 17.2. The lowest BCUT2D eigenvalue weighted by Gasteiger charge is -2.26. The Bertz CT molecular complexity index is 2450. The molecular formula is C48H30Br3N. The van der Waals surface area contributed by atoms with E-state index in [-0.39, 0.29) is 0 Å². The molecule has 0 unspecified atom stereocenters. The number of rotatable bonds is 6. The van der Waals surface area contributed by atoms with Crippen LogP contribution in [0.1, 0.15) is 0 Å². The molecule has 0 bridgehead atoms. The molecule has 0 amide bonds. The lowest BCUT2D eigenvalue weighted by molar-refractivity contribution is 1.28. The third-order valence-corrected chi connectivity index (χ3v) is 12.0. The van der Waals surface area contributed by atoms with E-state index in [0.717, 1.165) is 30.5 Å². The molecule has 0 heterocycles. The molecule has 0 fully saturated rings. The van der Waals surface area contributed by atoms with E-state index in [1.54, 1.807) is 0 Å². The van der Waals surface area contributed by atoms with Gasteiger partial charge in [-0.25, -0.2) is 0 Å². The molecular weight excluding hydrogens is 830 g/mol. The van der Waals surface area contributed by atoms with Crippen LogP contribution in [0.3, 0.4) is 0 Å². The smallest absolute Gasteiger partial charge is 0.0462 e. The summed E-state index contributed by atoms with van der Waals surface area (Å²) in [6, 6.07) is 65.6. The van der Waals surface area contributed by atoms with Gasteiger partial charge in [-0.2, -0.15) is 0 Å². The Kier molecular flexibility index (Phi) is 8.76. The molecule has 0 aromatic heterocycles. The number of hydrogen-bond donors (Lipinski definition) is 0. The number of benzene rings is 9. The Morgan fingerprint density at radius 1 is 0.250 bits per heavy atom. The minimum atomic E-state index is 1.09. The summed E-state index contributed by atoms with van der Waals surface area (Å²) in [4.78, 5) is 2.34. The summed E-state index contributed by atoms with van der Waals surface area (Å²) in [6.07, 6.45) is 0. The molecule has 0 aliphatic rings. The van der Waals surface area contributed by atoms with Crippen molar-refractivity contribution in [3.05, 3.63) is 195 Å². The molecule has 0 saturated carbocycles. The van der Waals surface area contributed by atoms with Crippen molar-refractivity contribution in [3.8, 4) is 33.4 Å². The third-order valence-electron chi connectivity index (χ3n) is 9.92. The van der Waals surface area contributed by atoms with E-state index in [0.29, 0.717) is 0 Å². The van der Waals surface area contributed by atoms with Crippen molar-refractivity contribution in [2.75, 3.05) is 4.90 Å². The van der Waals surface area contributed by atoms with E-state index in [4.69, 9.17) is 0 Å². The molecule has 0 saturated heterocycles. The molecule has 9 aromatic rings. The highest BCUT2D eigenvalue weighted by Gasteiger charge is 2.16. The van der Waals surface area contributed by atoms with Gasteiger partial charge >= 0.3 is 0 Å². The molecule has 0 radical (unpaired) electrons. The third kappa shape index (κ3) is 5.95. The first kappa shape index (κ1) is 32.9. The lowest BCUT2D eigenvalue weighted by atomic mass is 9.97. The first-order chi connectivity index (χ1) is 25.5.